The normalized spacial score (nSPS) is 15.4. The van der Waals surface area contributed by atoms with Gasteiger partial charge in [-0.05, 0) is 24.6 Å². The van der Waals surface area contributed by atoms with Gasteiger partial charge in [0, 0.05) is 26.7 Å². The quantitative estimate of drug-likeness (QED) is 0.792. The van der Waals surface area contributed by atoms with Gasteiger partial charge in [-0.3, -0.25) is 0 Å². The number of aliphatic hydroxyl groups excluding tert-OH is 1. The van der Waals surface area contributed by atoms with E-state index in [0.29, 0.717) is 0 Å². The van der Waals surface area contributed by atoms with Crippen LogP contribution in [-0.4, -0.2) is 51.0 Å². The molecule has 0 radical (unpaired) electrons. The van der Waals surface area contributed by atoms with E-state index in [0.717, 1.165) is 9.87 Å². The summed E-state index contributed by atoms with van der Waals surface area (Å²) in [5.41, 5.74) is 0.745. The number of hydrogen-bond acceptors (Lipinski definition) is 4. The van der Waals surface area contributed by atoms with Crippen molar-refractivity contribution in [3.63, 3.8) is 0 Å². The molecule has 120 valence electrons. The van der Waals surface area contributed by atoms with Gasteiger partial charge in [0.25, 0.3) is 6.43 Å². The highest BCUT2D eigenvalue weighted by molar-refractivity contribution is 7.89. The monoisotopic (exact) mass is 322 g/mol. The van der Waals surface area contributed by atoms with Crippen LogP contribution in [0.2, 0.25) is 0 Å². The summed E-state index contributed by atoms with van der Waals surface area (Å²) in [5, 5.41) is 11.8. The summed E-state index contributed by atoms with van der Waals surface area (Å²) >= 11 is 0. The predicted octanol–water partition coefficient (Wildman–Crippen LogP) is 1.21. The van der Waals surface area contributed by atoms with Crippen LogP contribution in [0.3, 0.4) is 0 Å². The smallest absolute Gasteiger partial charge is 0.265 e. The largest absolute Gasteiger partial charge is 0.386 e. The Bertz CT molecular complexity index is 547. The van der Waals surface area contributed by atoms with Gasteiger partial charge in [0.15, 0.2) is 0 Å². The van der Waals surface area contributed by atoms with Crippen molar-refractivity contribution in [3.8, 4) is 0 Å². The lowest BCUT2D eigenvalue weighted by Gasteiger charge is -2.18. The van der Waals surface area contributed by atoms with Gasteiger partial charge >= 0.3 is 0 Å². The van der Waals surface area contributed by atoms with Crippen LogP contribution in [0.4, 0.5) is 8.78 Å². The molecule has 5 nitrogen and oxygen atoms in total. The Labute approximate surface area is 123 Å². The average molecular weight is 322 g/mol. The van der Waals surface area contributed by atoms with E-state index in [2.05, 4.69) is 5.32 Å². The highest BCUT2D eigenvalue weighted by Gasteiger charge is 2.19. The van der Waals surface area contributed by atoms with Crippen LogP contribution in [0, 0.1) is 0 Å². The molecule has 8 heteroatoms. The van der Waals surface area contributed by atoms with E-state index >= 15 is 0 Å². The second-order valence-electron chi connectivity index (χ2n) is 4.89. The third-order valence-corrected chi connectivity index (χ3v) is 4.91. The van der Waals surface area contributed by atoms with Crippen LogP contribution in [0.1, 0.15) is 18.5 Å². The van der Waals surface area contributed by atoms with Gasteiger partial charge in [-0.25, -0.2) is 21.5 Å². The summed E-state index contributed by atoms with van der Waals surface area (Å²) in [6.45, 7) is 1.50. The Morgan fingerprint density at radius 3 is 2.19 bits per heavy atom. The Morgan fingerprint density at radius 2 is 1.76 bits per heavy atom. The number of hydrogen-bond donors (Lipinski definition) is 2. The fraction of sp³-hybridized carbons (Fsp3) is 0.538. The predicted molar refractivity (Wildman–Crippen MR) is 75.7 cm³/mol. The summed E-state index contributed by atoms with van der Waals surface area (Å²) in [7, 11) is -0.595. The van der Waals surface area contributed by atoms with Gasteiger partial charge in [0.1, 0.15) is 6.10 Å². The van der Waals surface area contributed by atoms with Crippen molar-refractivity contribution in [2.45, 2.75) is 30.4 Å². The van der Waals surface area contributed by atoms with Gasteiger partial charge in [-0.2, -0.15) is 0 Å². The number of alkyl halides is 2. The molecule has 0 saturated carbocycles. The van der Waals surface area contributed by atoms with E-state index in [9.17, 15) is 17.2 Å². The van der Waals surface area contributed by atoms with Crippen LogP contribution >= 0.6 is 0 Å². The lowest BCUT2D eigenvalue weighted by molar-refractivity contribution is -0.00439. The van der Waals surface area contributed by atoms with Gasteiger partial charge in [0.2, 0.25) is 10.0 Å². The van der Waals surface area contributed by atoms with E-state index in [4.69, 9.17) is 5.11 Å². The molecule has 0 amide bonds. The number of aliphatic hydroxyl groups is 1. The highest BCUT2D eigenvalue weighted by atomic mass is 32.2. The molecule has 2 atom stereocenters. The third kappa shape index (κ3) is 4.70. The van der Waals surface area contributed by atoms with E-state index in [1.807, 2.05) is 0 Å². The molecule has 0 bridgehead atoms. The lowest BCUT2D eigenvalue weighted by atomic mass is 10.1. The molecule has 1 rings (SSSR count). The molecule has 0 heterocycles. The van der Waals surface area contributed by atoms with Crippen molar-refractivity contribution in [3.05, 3.63) is 29.8 Å². The summed E-state index contributed by atoms with van der Waals surface area (Å²) in [6, 6.07) is 5.87. The highest BCUT2D eigenvalue weighted by Crippen LogP contribution is 2.18. The van der Waals surface area contributed by atoms with Gasteiger partial charge in [0.05, 0.1) is 4.90 Å². The molecule has 2 unspecified atom stereocenters. The van der Waals surface area contributed by atoms with Crippen molar-refractivity contribution in [2.24, 2.45) is 0 Å². The van der Waals surface area contributed by atoms with Crippen LogP contribution in [-0.2, 0) is 10.0 Å². The minimum absolute atomic E-state index is 0.163. The van der Waals surface area contributed by atoms with Crippen LogP contribution in [0.25, 0.3) is 0 Å². The molecule has 1 aromatic carbocycles. The van der Waals surface area contributed by atoms with Crippen LogP contribution in [0.15, 0.2) is 29.2 Å². The number of nitrogens with one attached hydrogen (secondary N) is 1. The fourth-order valence-corrected chi connectivity index (χ4v) is 2.55. The zero-order valence-electron chi connectivity index (χ0n) is 12.1. The van der Waals surface area contributed by atoms with Crippen LogP contribution in [0.5, 0.6) is 0 Å². The molecule has 0 spiro atoms. The Kier molecular flexibility index (Phi) is 6.21. The molecule has 2 N–H and O–H groups in total. The standard InChI is InChI=1S/C13H20F2N2O3S/c1-9(16-8-12(18)13(14)15)10-4-6-11(7-5-10)21(19,20)17(2)3/h4-7,9,12-13,16,18H,8H2,1-3H3. The number of rotatable bonds is 7. The molecule has 0 fully saturated rings. The Hall–Kier alpha value is -1.09. The first-order valence-corrected chi connectivity index (χ1v) is 7.82. The summed E-state index contributed by atoms with van der Waals surface area (Å²) in [4.78, 5) is 0.163. The molecule has 0 aliphatic heterocycles. The van der Waals surface area contributed by atoms with Crippen molar-refractivity contribution in [2.75, 3.05) is 20.6 Å². The van der Waals surface area contributed by atoms with Crippen LogP contribution < -0.4 is 5.32 Å². The maximum Gasteiger partial charge on any atom is 0.265 e. The van der Waals surface area contributed by atoms with E-state index < -0.39 is 22.6 Å². The van der Waals surface area contributed by atoms with Crippen molar-refractivity contribution in [1.29, 1.82) is 0 Å². The molecular weight excluding hydrogens is 302 g/mol. The van der Waals surface area contributed by atoms with E-state index in [1.165, 1.54) is 26.2 Å². The van der Waals surface area contributed by atoms with Gasteiger partial charge in [-0.15, -0.1) is 0 Å². The number of nitrogens with zero attached hydrogens (tertiary/aromatic N) is 1. The second-order valence-corrected chi connectivity index (χ2v) is 7.04. The van der Waals surface area contributed by atoms with Crippen molar-refractivity contribution < 1.29 is 22.3 Å². The first-order chi connectivity index (χ1) is 9.66. The molecule has 0 aliphatic rings. The summed E-state index contributed by atoms with van der Waals surface area (Å²) in [5.74, 6) is 0. The molecule has 0 saturated heterocycles. The third-order valence-electron chi connectivity index (χ3n) is 3.08. The zero-order chi connectivity index (χ0) is 16.2. The molecule has 0 aliphatic carbocycles. The molecule has 1 aromatic rings. The SMILES string of the molecule is CC(NCC(O)C(F)F)c1ccc(S(=O)(=O)N(C)C)cc1. The summed E-state index contributed by atoms with van der Waals surface area (Å²) < 4.78 is 49.3. The Balaban J connectivity index is 2.74. The van der Waals surface area contributed by atoms with E-state index in [-0.39, 0.29) is 17.5 Å². The molecule has 21 heavy (non-hydrogen) atoms. The first-order valence-electron chi connectivity index (χ1n) is 6.38. The summed E-state index contributed by atoms with van der Waals surface area (Å²) in [6.07, 6.45) is -4.52. The average Bonchev–Trinajstić information content (AvgIpc) is 2.44. The molecular formula is C13H20F2N2O3S. The topological polar surface area (TPSA) is 69.6 Å². The maximum atomic E-state index is 12.2. The minimum Gasteiger partial charge on any atom is -0.386 e. The van der Waals surface area contributed by atoms with Crippen molar-refractivity contribution in [1.82, 2.24) is 9.62 Å². The number of halogens is 2. The fourth-order valence-electron chi connectivity index (χ4n) is 1.64. The van der Waals surface area contributed by atoms with Crippen molar-refractivity contribution >= 4 is 10.0 Å². The van der Waals surface area contributed by atoms with Gasteiger partial charge < -0.3 is 10.4 Å². The number of sulfonamides is 1. The first kappa shape index (κ1) is 18.0. The minimum atomic E-state index is -3.48. The van der Waals surface area contributed by atoms with Gasteiger partial charge in [-0.1, -0.05) is 12.1 Å². The second kappa shape index (κ2) is 7.26. The lowest BCUT2D eigenvalue weighted by Crippen LogP contribution is -2.33. The van der Waals surface area contributed by atoms with E-state index in [1.54, 1.807) is 19.1 Å². The zero-order valence-corrected chi connectivity index (χ0v) is 12.9. The maximum absolute atomic E-state index is 12.2. The number of benzene rings is 1. The Morgan fingerprint density at radius 1 is 1.24 bits per heavy atom. The molecule has 0 aromatic heterocycles.